The van der Waals surface area contributed by atoms with Gasteiger partial charge in [-0.25, -0.2) is 0 Å². The van der Waals surface area contributed by atoms with E-state index in [-0.39, 0.29) is 5.78 Å². The van der Waals surface area contributed by atoms with Gasteiger partial charge in [-0.2, -0.15) is 0 Å². The Bertz CT molecular complexity index is 431. The first-order chi connectivity index (χ1) is 8.08. The van der Waals surface area contributed by atoms with Gasteiger partial charge in [0.25, 0.3) is 0 Å². The normalized spacial score (nSPS) is 16.4. The van der Waals surface area contributed by atoms with Crippen LogP contribution in [0, 0.1) is 19.8 Å². The third kappa shape index (κ3) is 2.68. The molecule has 0 aromatic heterocycles. The molecule has 0 amide bonds. The van der Waals surface area contributed by atoms with Gasteiger partial charge in [-0.05, 0) is 43.0 Å². The number of ketones is 1. The average Bonchev–Trinajstić information content (AvgIpc) is 2.76. The second-order valence-electron chi connectivity index (χ2n) is 5.30. The molecule has 2 heteroatoms. The molecule has 1 aromatic carbocycles. The van der Waals surface area contributed by atoms with Gasteiger partial charge in [0, 0.05) is 17.7 Å². The van der Waals surface area contributed by atoms with E-state index < -0.39 is 0 Å². The average molecular weight is 231 g/mol. The molecule has 0 radical (unpaired) electrons. The number of nitrogens with two attached hydrogens (primary N) is 1. The lowest BCUT2D eigenvalue weighted by atomic mass is 9.93. The Kier molecular flexibility index (Phi) is 3.51. The lowest BCUT2D eigenvalue weighted by molar-refractivity contribution is 0.0961. The van der Waals surface area contributed by atoms with Gasteiger partial charge in [0.05, 0.1) is 0 Å². The van der Waals surface area contributed by atoms with Gasteiger partial charge in [-0.3, -0.25) is 4.79 Å². The van der Waals surface area contributed by atoms with E-state index >= 15 is 0 Å². The van der Waals surface area contributed by atoms with Crippen molar-refractivity contribution in [3.63, 3.8) is 0 Å². The summed E-state index contributed by atoms with van der Waals surface area (Å²) in [7, 11) is 0. The van der Waals surface area contributed by atoms with Crippen LogP contribution in [-0.2, 0) is 0 Å². The van der Waals surface area contributed by atoms with E-state index in [1.165, 1.54) is 25.7 Å². The van der Waals surface area contributed by atoms with Crippen LogP contribution in [0.5, 0.6) is 0 Å². The molecular formula is C15H21NO. The van der Waals surface area contributed by atoms with Crippen molar-refractivity contribution < 1.29 is 4.79 Å². The quantitative estimate of drug-likeness (QED) is 0.637. The number of carbonyl (C=O) groups is 1. The highest BCUT2D eigenvalue weighted by molar-refractivity contribution is 5.98. The molecule has 0 spiro atoms. The van der Waals surface area contributed by atoms with Crippen LogP contribution in [-0.4, -0.2) is 5.78 Å². The predicted octanol–water partition coefficient (Wildman–Crippen LogP) is 3.65. The van der Waals surface area contributed by atoms with Gasteiger partial charge in [0.1, 0.15) is 0 Å². The number of carbonyl (C=O) groups excluding carboxylic acids is 1. The summed E-state index contributed by atoms with van der Waals surface area (Å²) in [4.78, 5) is 12.2. The number of Topliss-reactive ketones (excluding diaryl/α,β-unsaturated/α-hetero) is 1. The Hall–Kier alpha value is -1.31. The smallest absolute Gasteiger partial charge is 0.163 e. The summed E-state index contributed by atoms with van der Waals surface area (Å²) in [5.41, 5.74) is 9.50. The molecule has 0 saturated heterocycles. The molecule has 0 unspecified atom stereocenters. The highest BCUT2D eigenvalue weighted by Crippen LogP contribution is 2.29. The van der Waals surface area contributed by atoms with E-state index in [0.717, 1.165) is 22.4 Å². The zero-order valence-corrected chi connectivity index (χ0v) is 10.8. The minimum Gasteiger partial charge on any atom is -0.399 e. The van der Waals surface area contributed by atoms with Crippen LogP contribution in [0.3, 0.4) is 0 Å². The van der Waals surface area contributed by atoms with Crippen LogP contribution in [0.2, 0.25) is 0 Å². The van der Waals surface area contributed by atoms with Crippen molar-refractivity contribution in [2.75, 3.05) is 5.73 Å². The fourth-order valence-electron chi connectivity index (χ4n) is 2.73. The standard InChI is InChI=1S/C15H21NO/c1-10-8-14(16)11(2)7-13(10)15(17)9-12-5-3-4-6-12/h7-8,12H,3-6,9,16H2,1-2H3. The van der Waals surface area contributed by atoms with E-state index in [1.807, 2.05) is 26.0 Å². The maximum atomic E-state index is 12.2. The third-order valence-electron chi connectivity index (χ3n) is 3.86. The molecule has 1 fully saturated rings. The van der Waals surface area contributed by atoms with Gasteiger partial charge in [-0.1, -0.05) is 25.7 Å². The first-order valence-corrected chi connectivity index (χ1v) is 6.48. The lowest BCUT2D eigenvalue weighted by Gasteiger charge is -2.11. The topological polar surface area (TPSA) is 43.1 Å². The SMILES string of the molecule is Cc1cc(C(=O)CC2CCCC2)c(C)cc1N. The molecule has 0 atom stereocenters. The number of aryl methyl sites for hydroxylation is 2. The Morgan fingerprint density at radius 1 is 1.24 bits per heavy atom. The van der Waals surface area contributed by atoms with E-state index in [0.29, 0.717) is 12.3 Å². The summed E-state index contributed by atoms with van der Waals surface area (Å²) in [5.74, 6) is 0.900. The highest BCUT2D eigenvalue weighted by atomic mass is 16.1. The van der Waals surface area contributed by atoms with Crippen LogP contribution < -0.4 is 5.73 Å². The van der Waals surface area contributed by atoms with Gasteiger partial charge in [0.15, 0.2) is 5.78 Å². The van der Waals surface area contributed by atoms with Crippen molar-refractivity contribution >= 4 is 11.5 Å². The molecule has 17 heavy (non-hydrogen) atoms. The first kappa shape index (κ1) is 12.2. The van der Waals surface area contributed by atoms with Gasteiger partial charge in [-0.15, -0.1) is 0 Å². The lowest BCUT2D eigenvalue weighted by Crippen LogP contribution is -2.08. The number of benzene rings is 1. The Morgan fingerprint density at radius 3 is 2.53 bits per heavy atom. The number of nitrogen functional groups attached to an aromatic ring is 1. The second kappa shape index (κ2) is 4.91. The van der Waals surface area contributed by atoms with Crippen LogP contribution in [0.4, 0.5) is 5.69 Å². The van der Waals surface area contributed by atoms with E-state index in [1.54, 1.807) is 0 Å². The van der Waals surface area contributed by atoms with Crippen LogP contribution in [0.1, 0.15) is 53.6 Å². The summed E-state index contributed by atoms with van der Waals surface area (Å²) >= 11 is 0. The second-order valence-corrected chi connectivity index (χ2v) is 5.30. The van der Waals surface area contributed by atoms with E-state index in [9.17, 15) is 4.79 Å². The molecule has 2 nitrogen and oxygen atoms in total. The molecule has 0 aliphatic heterocycles. The molecule has 1 aromatic rings. The Balaban J connectivity index is 2.15. The minimum absolute atomic E-state index is 0.289. The summed E-state index contributed by atoms with van der Waals surface area (Å²) in [5, 5.41) is 0. The highest BCUT2D eigenvalue weighted by Gasteiger charge is 2.20. The monoisotopic (exact) mass is 231 g/mol. The number of hydrogen-bond acceptors (Lipinski definition) is 2. The largest absolute Gasteiger partial charge is 0.399 e. The molecule has 0 heterocycles. The Morgan fingerprint density at radius 2 is 1.88 bits per heavy atom. The van der Waals surface area contributed by atoms with Crippen LogP contribution in [0.25, 0.3) is 0 Å². The Labute approximate surface area is 103 Å². The molecule has 0 bridgehead atoms. The molecule has 1 aliphatic carbocycles. The maximum absolute atomic E-state index is 12.2. The van der Waals surface area contributed by atoms with Crippen molar-refractivity contribution in [2.24, 2.45) is 5.92 Å². The summed E-state index contributed by atoms with van der Waals surface area (Å²) in [6, 6.07) is 3.86. The summed E-state index contributed by atoms with van der Waals surface area (Å²) in [6.07, 6.45) is 5.73. The van der Waals surface area contributed by atoms with Crippen molar-refractivity contribution in [3.8, 4) is 0 Å². The van der Waals surface area contributed by atoms with E-state index in [2.05, 4.69) is 0 Å². The molecule has 2 rings (SSSR count). The number of rotatable bonds is 3. The van der Waals surface area contributed by atoms with Gasteiger partial charge >= 0.3 is 0 Å². The zero-order valence-electron chi connectivity index (χ0n) is 10.8. The zero-order chi connectivity index (χ0) is 12.4. The molecule has 2 N–H and O–H groups in total. The molecular weight excluding hydrogens is 210 g/mol. The fourth-order valence-corrected chi connectivity index (χ4v) is 2.73. The molecule has 1 saturated carbocycles. The predicted molar refractivity (Wildman–Crippen MR) is 71.2 cm³/mol. The number of hydrogen-bond donors (Lipinski definition) is 1. The molecule has 1 aliphatic rings. The van der Waals surface area contributed by atoms with Crippen LogP contribution in [0.15, 0.2) is 12.1 Å². The van der Waals surface area contributed by atoms with Gasteiger partial charge < -0.3 is 5.73 Å². The van der Waals surface area contributed by atoms with Gasteiger partial charge in [0.2, 0.25) is 0 Å². The minimum atomic E-state index is 0.289. The maximum Gasteiger partial charge on any atom is 0.163 e. The fraction of sp³-hybridized carbons (Fsp3) is 0.533. The summed E-state index contributed by atoms with van der Waals surface area (Å²) < 4.78 is 0. The van der Waals surface area contributed by atoms with Crippen molar-refractivity contribution in [2.45, 2.75) is 46.0 Å². The van der Waals surface area contributed by atoms with Crippen molar-refractivity contribution in [3.05, 3.63) is 28.8 Å². The third-order valence-corrected chi connectivity index (χ3v) is 3.86. The van der Waals surface area contributed by atoms with E-state index in [4.69, 9.17) is 5.73 Å². The van der Waals surface area contributed by atoms with Crippen molar-refractivity contribution in [1.29, 1.82) is 0 Å². The number of anilines is 1. The van der Waals surface area contributed by atoms with Crippen molar-refractivity contribution in [1.82, 2.24) is 0 Å². The first-order valence-electron chi connectivity index (χ1n) is 6.48. The summed E-state index contributed by atoms with van der Waals surface area (Å²) in [6.45, 7) is 3.93. The van der Waals surface area contributed by atoms with Crippen LogP contribution >= 0.6 is 0 Å². The molecule has 92 valence electrons.